The van der Waals surface area contributed by atoms with E-state index in [2.05, 4.69) is 55.2 Å². The molecule has 1 aliphatic heterocycles. The van der Waals surface area contributed by atoms with Crippen molar-refractivity contribution in [3.05, 3.63) is 119 Å². The van der Waals surface area contributed by atoms with Gasteiger partial charge in [0.05, 0.1) is 18.7 Å². The van der Waals surface area contributed by atoms with E-state index in [0.29, 0.717) is 15.7 Å². The number of ether oxygens (including phenoxy) is 1. The Bertz CT molecular complexity index is 1960. The van der Waals surface area contributed by atoms with Crippen molar-refractivity contribution < 1.29 is 23.8 Å². The smallest absolute Gasteiger partial charge is 0.301 e. The molecule has 1 fully saturated rings. The number of hydrogen-bond acceptors (Lipinski definition) is 8. The number of aliphatic hydroxyl groups is 1. The van der Waals surface area contributed by atoms with Gasteiger partial charge in [0.1, 0.15) is 5.76 Å². The van der Waals surface area contributed by atoms with Gasteiger partial charge < -0.3 is 9.84 Å². The van der Waals surface area contributed by atoms with Crippen LogP contribution in [-0.2, 0) is 20.8 Å². The lowest BCUT2D eigenvalue weighted by molar-refractivity contribution is -0.132. The minimum atomic E-state index is -1.01. The van der Waals surface area contributed by atoms with E-state index in [0.717, 1.165) is 28.0 Å². The number of rotatable bonds is 7. The zero-order valence-corrected chi connectivity index (χ0v) is 26.7. The number of nitrogens with zero attached hydrogens (tertiary/aromatic N) is 3. The van der Waals surface area contributed by atoms with E-state index in [1.54, 1.807) is 0 Å². The topological polar surface area (TPSA) is 92.6 Å². The summed E-state index contributed by atoms with van der Waals surface area (Å²) in [6.07, 6.45) is 0. The van der Waals surface area contributed by atoms with Crippen molar-refractivity contribution in [2.24, 2.45) is 0 Å². The van der Waals surface area contributed by atoms with Gasteiger partial charge in [-0.05, 0) is 51.1 Å². The predicted octanol–water partition coefficient (Wildman–Crippen LogP) is 8.06. The van der Waals surface area contributed by atoms with Crippen LogP contribution < -0.4 is 9.64 Å². The number of aliphatic hydroxyl groups excluding tert-OH is 1. The second kappa shape index (κ2) is 12.1. The highest BCUT2D eigenvalue weighted by Gasteiger charge is 2.48. The molecule has 6 rings (SSSR count). The van der Waals surface area contributed by atoms with Crippen molar-refractivity contribution in [2.45, 2.75) is 42.3 Å². The van der Waals surface area contributed by atoms with Gasteiger partial charge in [0.25, 0.3) is 5.78 Å². The van der Waals surface area contributed by atoms with Gasteiger partial charge >= 0.3 is 5.91 Å². The molecule has 4 aromatic carbocycles. The summed E-state index contributed by atoms with van der Waals surface area (Å²) in [7, 11) is 1.33. The van der Waals surface area contributed by atoms with Crippen LogP contribution in [0.2, 0.25) is 0 Å². The van der Waals surface area contributed by atoms with Crippen molar-refractivity contribution >= 4 is 56.5 Å². The Kier molecular flexibility index (Phi) is 8.20. The third-order valence-corrected chi connectivity index (χ3v) is 9.90. The average Bonchev–Trinajstić information content (AvgIpc) is 3.60. The molecule has 5 aromatic rings. The third-order valence-electron chi connectivity index (χ3n) is 7.80. The molecule has 0 unspecified atom stereocenters. The lowest BCUT2D eigenvalue weighted by atomic mass is 9.85. The molecule has 1 aromatic heterocycles. The summed E-state index contributed by atoms with van der Waals surface area (Å²) in [6, 6.07) is 24.7. The first kappa shape index (κ1) is 30.5. The van der Waals surface area contributed by atoms with Crippen molar-refractivity contribution in [3.8, 4) is 5.75 Å². The van der Waals surface area contributed by atoms with Gasteiger partial charge in [-0.3, -0.25) is 14.5 Å². The standard InChI is InChI=1S/C35H30FN3O4S2/c1-35(2,3)24-15-12-21(13-16-24)29-28(30(40)22-14-17-27(43-4)26(36)18-22)31(41)32(42)39(29)33-37-38-34(45-33)44-19-23-10-7-9-20-8-5-6-11-25(20)23/h5-18,29,40H,19H2,1-4H3/t29-/m1/s1. The highest BCUT2D eigenvalue weighted by molar-refractivity contribution is 8.00. The van der Waals surface area contributed by atoms with Crippen LogP contribution in [0.1, 0.15) is 49.1 Å². The van der Waals surface area contributed by atoms with Gasteiger partial charge in [-0.2, -0.15) is 0 Å². The van der Waals surface area contributed by atoms with Crippen LogP contribution in [0.3, 0.4) is 0 Å². The number of Topliss-reactive ketones (excluding diaryl/α,β-unsaturated/α-hetero) is 1. The molecular weight excluding hydrogens is 610 g/mol. The minimum absolute atomic E-state index is 0.0105. The maximum absolute atomic E-state index is 14.6. The van der Waals surface area contributed by atoms with E-state index in [9.17, 15) is 19.1 Å². The van der Waals surface area contributed by atoms with Gasteiger partial charge in [-0.25, -0.2) is 4.39 Å². The number of aromatic nitrogens is 2. The highest BCUT2D eigenvalue weighted by Crippen LogP contribution is 2.44. The fourth-order valence-electron chi connectivity index (χ4n) is 5.40. The first-order valence-electron chi connectivity index (χ1n) is 14.2. The number of fused-ring (bicyclic) bond motifs is 1. The van der Waals surface area contributed by atoms with E-state index in [1.165, 1.54) is 47.2 Å². The number of halogens is 1. The Morgan fingerprint density at radius 1 is 1.00 bits per heavy atom. The van der Waals surface area contributed by atoms with Crippen LogP contribution in [0.4, 0.5) is 9.52 Å². The molecule has 10 heteroatoms. The SMILES string of the molecule is COc1ccc(C(O)=C2C(=O)C(=O)N(c3nnc(SCc4cccc5ccccc45)s3)[C@@H]2c2ccc(C(C)(C)C)cc2)cc1F. The molecule has 1 amide bonds. The molecule has 1 N–H and O–H groups in total. The second-order valence-electron chi connectivity index (χ2n) is 11.7. The van der Waals surface area contributed by atoms with Gasteiger partial charge in [0, 0.05) is 11.3 Å². The number of benzene rings is 4. The fourth-order valence-corrected chi connectivity index (χ4v) is 7.27. The number of anilines is 1. The van der Waals surface area contributed by atoms with E-state index in [4.69, 9.17) is 4.74 Å². The molecule has 1 atom stereocenters. The van der Waals surface area contributed by atoms with Crippen molar-refractivity contribution in [1.82, 2.24) is 10.2 Å². The first-order chi connectivity index (χ1) is 21.6. The van der Waals surface area contributed by atoms with Gasteiger partial charge in [-0.1, -0.05) is 111 Å². The zero-order valence-electron chi connectivity index (χ0n) is 25.1. The molecule has 0 saturated carbocycles. The van der Waals surface area contributed by atoms with E-state index >= 15 is 0 Å². The molecule has 0 radical (unpaired) electrons. The Morgan fingerprint density at radius 3 is 2.44 bits per heavy atom. The monoisotopic (exact) mass is 639 g/mol. The third kappa shape index (κ3) is 5.83. The molecule has 1 aliphatic rings. The number of carbonyl (C=O) groups is 2. The molecule has 0 bridgehead atoms. The van der Waals surface area contributed by atoms with Crippen molar-refractivity contribution in [2.75, 3.05) is 12.0 Å². The number of methoxy groups -OCH3 is 1. The average molecular weight is 640 g/mol. The summed E-state index contributed by atoms with van der Waals surface area (Å²) >= 11 is 2.68. The maximum Gasteiger partial charge on any atom is 0.301 e. The lowest BCUT2D eigenvalue weighted by Crippen LogP contribution is -2.29. The van der Waals surface area contributed by atoms with Gasteiger partial charge in [-0.15, -0.1) is 10.2 Å². The van der Waals surface area contributed by atoms with Crippen LogP contribution in [0.5, 0.6) is 5.75 Å². The first-order valence-corrected chi connectivity index (χ1v) is 16.1. The zero-order chi connectivity index (χ0) is 31.9. The van der Waals surface area contributed by atoms with Crippen LogP contribution in [-0.4, -0.2) is 34.1 Å². The van der Waals surface area contributed by atoms with Crippen molar-refractivity contribution in [3.63, 3.8) is 0 Å². The molecule has 45 heavy (non-hydrogen) atoms. The fraction of sp³-hybridized carbons (Fsp3) is 0.200. The quantitative estimate of drug-likeness (QED) is 0.0633. The molecule has 228 valence electrons. The number of carbonyl (C=O) groups excluding carboxylic acids is 2. The second-order valence-corrected chi connectivity index (χ2v) is 13.8. The van der Waals surface area contributed by atoms with Crippen LogP contribution in [0, 0.1) is 5.82 Å². The summed E-state index contributed by atoms with van der Waals surface area (Å²) in [6.45, 7) is 6.26. The predicted molar refractivity (Wildman–Crippen MR) is 176 cm³/mol. The molecule has 1 saturated heterocycles. The van der Waals surface area contributed by atoms with Crippen LogP contribution in [0.25, 0.3) is 16.5 Å². The summed E-state index contributed by atoms with van der Waals surface area (Å²) in [5.41, 5.74) is 2.55. The largest absolute Gasteiger partial charge is 0.507 e. The van der Waals surface area contributed by atoms with E-state index < -0.39 is 29.3 Å². The Balaban J connectivity index is 1.39. The number of hydrogen-bond donors (Lipinski definition) is 1. The van der Waals surface area contributed by atoms with Crippen LogP contribution >= 0.6 is 23.1 Å². The molecular formula is C35H30FN3O4S2. The minimum Gasteiger partial charge on any atom is -0.507 e. The summed E-state index contributed by atoms with van der Waals surface area (Å²) in [4.78, 5) is 28.5. The molecule has 0 aliphatic carbocycles. The summed E-state index contributed by atoms with van der Waals surface area (Å²) in [5.74, 6) is -2.32. The van der Waals surface area contributed by atoms with E-state index in [1.807, 2.05) is 42.5 Å². The summed E-state index contributed by atoms with van der Waals surface area (Å²) < 4.78 is 20.3. The number of thioether (sulfide) groups is 1. The number of ketones is 1. The molecule has 7 nitrogen and oxygen atoms in total. The summed E-state index contributed by atoms with van der Waals surface area (Å²) in [5, 5.41) is 22.6. The Hall–Kier alpha value is -4.54. The molecule has 0 spiro atoms. The van der Waals surface area contributed by atoms with Gasteiger partial charge in [0.15, 0.2) is 15.9 Å². The highest BCUT2D eigenvalue weighted by atomic mass is 32.2. The van der Waals surface area contributed by atoms with E-state index in [-0.39, 0.29) is 27.4 Å². The van der Waals surface area contributed by atoms with Crippen LogP contribution in [0.15, 0.2) is 94.8 Å². The maximum atomic E-state index is 14.6. The van der Waals surface area contributed by atoms with Gasteiger partial charge in [0.2, 0.25) is 5.13 Å². The van der Waals surface area contributed by atoms with Crippen molar-refractivity contribution in [1.29, 1.82) is 0 Å². The lowest BCUT2D eigenvalue weighted by Gasteiger charge is -2.24. The molecule has 2 heterocycles. The normalized spacial score (nSPS) is 16.5. The number of amides is 1. The Morgan fingerprint density at radius 2 is 1.73 bits per heavy atom. The Labute approximate surface area is 268 Å².